The minimum atomic E-state index is -0.439. The maximum absolute atomic E-state index is 9.22. The molecule has 0 aromatic rings. The second kappa shape index (κ2) is 6.85. The van der Waals surface area contributed by atoms with Crippen LogP contribution in [-0.2, 0) is 4.74 Å². The number of hydrogen-bond donors (Lipinski definition) is 1. The molecule has 1 rings (SSSR count). The van der Waals surface area contributed by atoms with Crippen LogP contribution in [0.25, 0.3) is 0 Å². The van der Waals surface area contributed by atoms with Crippen LogP contribution in [0, 0.1) is 11.3 Å². The van der Waals surface area contributed by atoms with Crippen molar-refractivity contribution in [2.75, 3.05) is 39.4 Å². The highest BCUT2D eigenvalue weighted by Gasteiger charge is 2.32. The predicted molar refractivity (Wildman–Crippen MR) is 64.2 cm³/mol. The number of nitrogens with one attached hydrogen (secondary N) is 1. The van der Waals surface area contributed by atoms with Crippen molar-refractivity contribution in [3.63, 3.8) is 0 Å². The fraction of sp³-hybridized carbons (Fsp3) is 0.917. The third kappa shape index (κ3) is 3.75. The fourth-order valence-corrected chi connectivity index (χ4v) is 2.05. The second-order valence-electron chi connectivity index (χ2n) is 4.30. The Morgan fingerprint density at radius 2 is 2.19 bits per heavy atom. The van der Waals surface area contributed by atoms with Crippen LogP contribution in [0.1, 0.15) is 26.7 Å². The lowest BCUT2D eigenvalue weighted by Crippen LogP contribution is -2.52. The summed E-state index contributed by atoms with van der Waals surface area (Å²) in [6.45, 7) is 9.63. The van der Waals surface area contributed by atoms with Crippen molar-refractivity contribution in [1.29, 1.82) is 5.26 Å². The Morgan fingerprint density at radius 3 is 2.69 bits per heavy atom. The highest BCUT2D eigenvalue weighted by Crippen LogP contribution is 2.17. The molecule has 0 amide bonds. The van der Waals surface area contributed by atoms with Crippen LogP contribution in [0.2, 0.25) is 0 Å². The number of rotatable bonds is 6. The van der Waals surface area contributed by atoms with Crippen molar-refractivity contribution in [3.8, 4) is 6.07 Å². The Morgan fingerprint density at radius 1 is 1.44 bits per heavy atom. The first-order valence-corrected chi connectivity index (χ1v) is 6.22. The first-order valence-electron chi connectivity index (χ1n) is 6.22. The third-order valence-electron chi connectivity index (χ3n) is 3.24. The molecule has 0 aromatic heterocycles. The van der Waals surface area contributed by atoms with Gasteiger partial charge in [-0.2, -0.15) is 5.26 Å². The molecule has 1 aliphatic heterocycles. The molecule has 4 nitrogen and oxygen atoms in total. The quantitative estimate of drug-likeness (QED) is 0.732. The van der Waals surface area contributed by atoms with Gasteiger partial charge >= 0.3 is 0 Å². The van der Waals surface area contributed by atoms with Gasteiger partial charge in [-0.25, -0.2) is 0 Å². The monoisotopic (exact) mass is 225 g/mol. The van der Waals surface area contributed by atoms with E-state index in [0.29, 0.717) is 6.61 Å². The van der Waals surface area contributed by atoms with Crippen molar-refractivity contribution in [2.24, 2.45) is 0 Å². The first-order chi connectivity index (χ1) is 7.76. The zero-order valence-electron chi connectivity index (χ0n) is 10.5. The Bertz CT molecular complexity index is 227. The number of likely N-dealkylation sites (N-methyl/N-ethyl adjacent to an activating group) is 1. The summed E-state index contributed by atoms with van der Waals surface area (Å²) >= 11 is 0. The first kappa shape index (κ1) is 13.4. The van der Waals surface area contributed by atoms with Crippen LogP contribution in [0.4, 0.5) is 0 Å². The zero-order chi connectivity index (χ0) is 11.9. The molecule has 1 heterocycles. The van der Waals surface area contributed by atoms with Crippen molar-refractivity contribution >= 4 is 0 Å². The molecule has 4 heteroatoms. The Hall–Kier alpha value is -0.630. The second-order valence-corrected chi connectivity index (χ2v) is 4.30. The molecule has 0 spiro atoms. The number of ether oxygens (including phenoxy) is 1. The van der Waals surface area contributed by atoms with Gasteiger partial charge in [0.1, 0.15) is 5.54 Å². The van der Waals surface area contributed by atoms with E-state index in [2.05, 4.69) is 30.1 Å². The lowest BCUT2D eigenvalue weighted by Gasteiger charge is -2.32. The van der Waals surface area contributed by atoms with E-state index in [4.69, 9.17) is 4.74 Å². The van der Waals surface area contributed by atoms with Crippen LogP contribution in [0.5, 0.6) is 0 Å². The summed E-state index contributed by atoms with van der Waals surface area (Å²) in [5.74, 6) is 0. The predicted octanol–water partition coefficient (Wildman–Crippen LogP) is 0.991. The standard InChI is InChI=1S/C12H23N3O/c1-3-15(4-2)8-7-14-12(10-13)6-5-9-16-11-12/h14H,3-9,11H2,1-2H3. The largest absolute Gasteiger partial charge is 0.378 e. The molecule has 1 unspecified atom stereocenters. The molecule has 0 aliphatic carbocycles. The average Bonchev–Trinajstić information content (AvgIpc) is 2.36. The lowest BCUT2D eigenvalue weighted by molar-refractivity contribution is 0.0434. The Kier molecular flexibility index (Phi) is 5.75. The molecule has 0 radical (unpaired) electrons. The van der Waals surface area contributed by atoms with Gasteiger partial charge in [0, 0.05) is 19.7 Å². The smallest absolute Gasteiger partial charge is 0.130 e. The van der Waals surface area contributed by atoms with E-state index < -0.39 is 5.54 Å². The number of hydrogen-bond acceptors (Lipinski definition) is 4. The highest BCUT2D eigenvalue weighted by molar-refractivity contribution is 5.08. The molecule has 0 aromatic carbocycles. The van der Waals surface area contributed by atoms with Crippen molar-refractivity contribution in [1.82, 2.24) is 10.2 Å². The number of nitrogens with zero attached hydrogens (tertiary/aromatic N) is 2. The molecule has 1 atom stereocenters. The van der Waals surface area contributed by atoms with E-state index in [0.717, 1.165) is 45.6 Å². The van der Waals surface area contributed by atoms with Crippen molar-refractivity contribution in [3.05, 3.63) is 0 Å². The van der Waals surface area contributed by atoms with Gasteiger partial charge in [-0.1, -0.05) is 13.8 Å². The summed E-state index contributed by atoms with van der Waals surface area (Å²) in [7, 11) is 0. The molecular formula is C12H23N3O. The molecule has 1 saturated heterocycles. The summed E-state index contributed by atoms with van der Waals surface area (Å²) in [5.41, 5.74) is -0.439. The zero-order valence-corrected chi connectivity index (χ0v) is 10.5. The normalized spacial score (nSPS) is 25.6. The molecule has 92 valence electrons. The maximum Gasteiger partial charge on any atom is 0.130 e. The third-order valence-corrected chi connectivity index (χ3v) is 3.24. The molecular weight excluding hydrogens is 202 g/mol. The van der Waals surface area contributed by atoms with Gasteiger partial charge in [-0.05, 0) is 25.9 Å². The van der Waals surface area contributed by atoms with Crippen molar-refractivity contribution < 1.29 is 4.74 Å². The molecule has 0 bridgehead atoms. The van der Waals surface area contributed by atoms with Crippen LogP contribution < -0.4 is 5.32 Å². The van der Waals surface area contributed by atoms with E-state index in [1.807, 2.05) is 0 Å². The van der Waals surface area contributed by atoms with E-state index in [-0.39, 0.29) is 0 Å². The molecule has 16 heavy (non-hydrogen) atoms. The molecule has 1 aliphatic rings. The minimum absolute atomic E-state index is 0.439. The lowest BCUT2D eigenvalue weighted by atomic mass is 9.94. The minimum Gasteiger partial charge on any atom is -0.378 e. The van der Waals surface area contributed by atoms with Crippen LogP contribution in [0.3, 0.4) is 0 Å². The maximum atomic E-state index is 9.22. The van der Waals surface area contributed by atoms with Gasteiger partial charge in [0.2, 0.25) is 0 Å². The molecule has 1 fully saturated rings. The summed E-state index contributed by atoms with van der Waals surface area (Å²) in [5, 5.41) is 12.6. The average molecular weight is 225 g/mol. The Labute approximate surface area is 98.6 Å². The summed E-state index contributed by atoms with van der Waals surface area (Å²) in [6.07, 6.45) is 1.88. The topological polar surface area (TPSA) is 48.3 Å². The van der Waals surface area contributed by atoms with Gasteiger partial charge in [0.15, 0.2) is 0 Å². The molecule has 0 saturated carbocycles. The fourth-order valence-electron chi connectivity index (χ4n) is 2.05. The summed E-state index contributed by atoms with van der Waals surface area (Å²) in [6, 6.07) is 2.37. The molecule has 1 N–H and O–H groups in total. The van der Waals surface area contributed by atoms with E-state index in [1.54, 1.807) is 0 Å². The van der Waals surface area contributed by atoms with E-state index in [9.17, 15) is 5.26 Å². The van der Waals surface area contributed by atoms with Crippen LogP contribution in [0.15, 0.2) is 0 Å². The van der Waals surface area contributed by atoms with Gasteiger partial charge in [-0.15, -0.1) is 0 Å². The van der Waals surface area contributed by atoms with Gasteiger partial charge in [0.25, 0.3) is 0 Å². The Balaban J connectivity index is 2.31. The van der Waals surface area contributed by atoms with Crippen LogP contribution >= 0.6 is 0 Å². The number of nitriles is 1. The van der Waals surface area contributed by atoms with Gasteiger partial charge in [0.05, 0.1) is 12.7 Å². The van der Waals surface area contributed by atoms with Crippen LogP contribution in [-0.4, -0.2) is 49.8 Å². The van der Waals surface area contributed by atoms with Crippen molar-refractivity contribution in [2.45, 2.75) is 32.2 Å². The summed E-state index contributed by atoms with van der Waals surface area (Å²) < 4.78 is 5.39. The van der Waals surface area contributed by atoms with Gasteiger partial charge in [-0.3, -0.25) is 5.32 Å². The highest BCUT2D eigenvalue weighted by atomic mass is 16.5. The summed E-state index contributed by atoms with van der Waals surface area (Å²) in [4.78, 5) is 2.35. The van der Waals surface area contributed by atoms with E-state index in [1.165, 1.54) is 0 Å². The van der Waals surface area contributed by atoms with Gasteiger partial charge < -0.3 is 9.64 Å². The van der Waals surface area contributed by atoms with E-state index >= 15 is 0 Å². The SMILES string of the molecule is CCN(CC)CCNC1(C#N)CCCOC1.